The third kappa shape index (κ3) is 3.22. The first-order valence-corrected chi connectivity index (χ1v) is 6.13. The van der Waals surface area contributed by atoms with Crippen molar-refractivity contribution in [2.45, 2.75) is 13.5 Å². The van der Waals surface area contributed by atoms with Crippen LogP contribution in [-0.2, 0) is 6.54 Å². The van der Waals surface area contributed by atoms with E-state index in [1.165, 1.54) is 6.20 Å². The molecule has 2 N–H and O–H groups in total. The second-order valence-corrected chi connectivity index (χ2v) is 3.90. The molecule has 102 valence electrons. The Balaban J connectivity index is 2.20. The summed E-state index contributed by atoms with van der Waals surface area (Å²) in [5, 5.41) is 15.5. The van der Waals surface area contributed by atoms with Gasteiger partial charge in [-0.05, 0) is 19.1 Å². The van der Waals surface area contributed by atoms with E-state index in [4.69, 9.17) is 5.11 Å². The number of aryl methyl sites for hydroxylation is 1. The molecule has 20 heavy (non-hydrogen) atoms. The third-order valence-corrected chi connectivity index (χ3v) is 2.54. The predicted octanol–water partition coefficient (Wildman–Crippen LogP) is 0.894. The van der Waals surface area contributed by atoms with Gasteiger partial charge in [0.2, 0.25) is 0 Å². The van der Waals surface area contributed by atoms with Crippen LogP contribution in [0.4, 0.5) is 5.69 Å². The largest absolute Gasteiger partial charge is 0.384 e. The molecule has 0 aromatic carbocycles. The SMILES string of the molecule is CCn1cc(NC(=O)c2ncccc2C#CCO)cn1. The molecule has 6 nitrogen and oxygen atoms in total. The van der Waals surface area contributed by atoms with Gasteiger partial charge >= 0.3 is 0 Å². The number of aliphatic hydroxyl groups excluding tert-OH is 1. The highest BCUT2D eigenvalue weighted by molar-refractivity contribution is 6.04. The van der Waals surface area contributed by atoms with E-state index >= 15 is 0 Å². The quantitative estimate of drug-likeness (QED) is 0.812. The summed E-state index contributed by atoms with van der Waals surface area (Å²) in [7, 11) is 0. The fourth-order valence-electron chi connectivity index (χ4n) is 1.61. The Kier molecular flexibility index (Phi) is 4.47. The number of amides is 1. The first-order valence-electron chi connectivity index (χ1n) is 6.13. The molecule has 6 heteroatoms. The van der Waals surface area contributed by atoms with E-state index in [2.05, 4.69) is 27.2 Å². The van der Waals surface area contributed by atoms with Gasteiger partial charge in [0.05, 0.1) is 17.4 Å². The summed E-state index contributed by atoms with van der Waals surface area (Å²) in [5.74, 6) is 4.85. The number of hydrogen-bond acceptors (Lipinski definition) is 4. The van der Waals surface area contributed by atoms with Crippen LogP contribution in [0.2, 0.25) is 0 Å². The van der Waals surface area contributed by atoms with E-state index in [1.807, 2.05) is 6.92 Å². The van der Waals surface area contributed by atoms with Crippen LogP contribution in [0.5, 0.6) is 0 Å². The molecule has 0 aliphatic carbocycles. The Morgan fingerprint density at radius 3 is 3.10 bits per heavy atom. The number of rotatable bonds is 3. The number of anilines is 1. The maximum absolute atomic E-state index is 12.2. The van der Waals surface area contributed by atoms with Crippen LogP contribution in [0.15, 0.2) is 30.7 Å². The molecule has 0 radical (unpaired) electrons. The maximum Gasteiger partial charge on any atom is 0.275 e. The summed E-state index contributed by atoms with van der Waals surface area (Å²) in [5.41, 5.74) is 1.29. The summed E-state index contributed by atoms with van der Waals surface area (Å²) in [6.45, 7) is 2.42. The summed E-state index contributed by atoms with van der Waals surface area (Å²) in [4.78, 5) is 16.2. The predicted molar refractivity (Wildman–Crippen MR) is 74.1 cm³/mol. The number of pyridine rings is 1. The van der Waals surface area contributed by atoms with Gasteiger partial charge in [0.25, 0.3) is 5.91 Å². The zero-order valence-corrected chi connectivity index (χ0v) is 11.0. The lowest BCUT2D eigenvalue weighted by molar-refractivity contribution is 0.102. The minimum absolute atomic E-state index is 0.220. The Morgan fingerprint density at radius 1 is 1.55 bits per heavy atom. The number of nitrogens with one attached hydrogen (secondary N) is 1. The zero-order chi connectivity index (χ0) is 14.4. The van der Waals surface area contributed by atoms with Crippen LogP contribution in [0.1, 0.15) is 23.0 Å². The van der Waals surface area contributed by atoms with Crippen LogP contribution in [-0.4, -0.2) is 32.4 Å². The summed E-state index contributed by atoms with van der Waals surface area (Å²) in [6, 6.07) is 3.37. The molecule has 2 aromatic heterocycles. The molecule has 0 saturated carbocycles. The molecular weight excluding hydrogens is 256 g/mol. The second kappa shape index (κ2) is 6.50. The van der Waals surface area contributed by atoms with Gasteiger partial charge in [-0.2, -0.15) is 5.10 Å². The summed E-state index contributed by atoms with van der Waals surface area (Å²) in [6.07, 6.45) is 4.83. The standard InChI is InChI=1S/C14H14N4O2/c1-2-18-10-12(9-16-18)17-14(20)13-11(6-4-8-19)5-3-7-15-13/h3,5,7,9-10,19H,2,8H2,1H3,(H,17,20). The molecule has 2 rings (SSSR count). The van der Waals surface area contributed by atoms with Gasteiger partial charge in [-0.1, -0.05) is 11.8 Å². The van der Waals surface area contributed by atoms with Crippen LogP contribution >= 0.6 is 0 Å². The van der Waals surface area contributed by atoms with E-state index in [-0.39, 0.29) is 18.2 Å². The maximum atomic E-state index is 12.2. The van der Waals surface area contributed by atoms with Gasteiger partial charge < -0.3 is 10.4 Å². The van der Waals surface area contributed by atoms with Gasteiger partial charge in [-0.15, -0.1) is 0 Å². The van der Waals surface area contributed by atoms with Crippen molar-refractivity contribution in [3.8, 4) is 11.8 Å². The number of carbonyl (C=O) groups is 1. The molecular formula is C14H14N4O2. The van der Waals surface area contributed by atoms with E-state index in [9.17, 15) is 4.79 Å². The fourth-order valence-corrected chi connectivity index (χ4v) is 1.61. The molecule has 0 spiro atoms. The van der Waals surface area contributed by atoms with E-state index < -0.39 is 0 Å². The minimum Gasteiger partial charge on any atom is -0.384 e. The fraction of sp³-hybridized carbons (Fsp3) is 0.214. The van der Waals surface area contributed by atoms with Crippen molar-refractivity contribution in [3.63, 3.8) is 0 Å². The molecule has 0 saturated heterocycles. The molecule has 2 heterocycles. The van der Waals surface area contributed by atoms with Crippen molar-refractivity contribution in [2.75, 3.05) is 11.9 Å². The van der Waals surface area contributed by atoms with Gasteiger partial charge in [0, 0.05) is 18.9 Å². The number of carbonyl (C=O) groups excluding carboxylic acids is 1. The monoisotopic (exact) mass is 270 g/mol. The van der Waals surface area contributed by atoms with Crippen LogP contribution in [0, 0.1) is 11.8 Å². The number of nitrogens with zero attached hydrogens (tertiary/aromatic N) is 3. The van der Waals surface area contributed by atoms with Crippen molar-refractivity contribution in [1.29, 1.82) is 0 Å². The first kappa shape index (κ1) is 13.8. The van der Waals surface area contributed by atoms with Crippen molar-refractivity contribution in [3.05, 3.63) is 42.0 Å². The number of aliphatic hydroxyl groups is 1. The van der Waals surface area contributed by atoms with Gasteiger partial charge in [-0.25, -0.2) is 4.98 Å². The summed E-state index contributed by atoms with van der Waals surface area (Å²) < 4.78 is 1.71. The lowest BCUT2D eigenvalue weighted by Gasteiger charge is -2.03. The van der Waals surface area contributed by atoms with Gasteiger partial charge in [0.1, 0.15) is 12.3 Å². The number of aromatic nitrogens is 3. The van der Waals surface area contributed by atoms with E-state index in [0.717, 1.165) is 6.54 Å². The van der Waals surface area contributed by atoms with Crippen molar-refractivity contribution in [2.24, 2.45) is 0 Å². The Morgan fingerprint density at radius 2 is 2.40 bits per heavy atom. The van der Waals surface area contributed by atoms with Crippen LogP contribution in [0.3, 0.4) is 0 Å². The molecule has 0 atom stereocenters. The molecule has 2 aromatic rings. The molecule has 1 amide bonds. The highest BCUT2D eigenvalue weighted by Gasteiger charge is 2.12. The third-order valence-electron chi connectivity index (χ3n) is 2.54. The van der Waals surface area contributed by atoms with Crippen LogP contribution in [0.25, 0.3) is 0 Å². The molecule has 0 bridgehead atoms. The molecule has 0 aliphatic heterocycles. The molecule has 0 fully saturated rings. The first-order chi connectivity index (χ1) is 9.74. The van der Waals surface area contributed by atoms with Crippen molar-refractivity contribution >= 4 is 11.6 Å². The highest BCUT2D eigenvalue weighted by Crippen LogP contribution is 2.09. The average Bonchev–Trinajstić information content (AvgIpc) is 2.93. The lowest BCUT2D eigenvalue weighted by Crippen LogP contribution is -2.15. The second-order valence-electron chi connectivity index (χ2n) is 3.90. The van der Waals surface area contributed by atoms with Crippen molar-refractivity contribution in [1.82, 2.24) is 14.8 Å². The zero-order valence-electron chi connectivity index (χ0n) is 11.0. The average molecular weight is 270 g/mol. The van der Waals surface area contributed by atoms with E-state index in [1.54, 1.807) is 29.2 Å². The number of hydrogen-bond donors (Lipinski definition) is 2. The normalized spacial score (nSPS) is 9.70. The minimum atomic E-state index is -0.358. The van der Waals surface area contributed by atoms with E-state index in [0.29, 0.717) is 11.3 Å². The Labute approximate surface area is 116 Å². The Hall–Kier alpha value is -2.65. The lowest BCUT2D eigenvalue weighted by atomic mass is 10.2. The highest BCUT2D eigenvalue weighted by atomic mass is 16.2. The van der Waals surface area contributed by atoms with Crippen molar-refractivity contribution < 1.29 is 9.90 Å². The molecule has 0 unspecified atom stereocenters. The van der Waals surface area contributed by atoms with Gasteiger partial charge in [0.15, 0.2) is 0 Å². The molecule has 0 aliphatic rings. The smallest absolute Gasteiger partial charge is 0.275 e. The Bertz CT molecular complexity index is 667. The summed E-state index contributed by atoms with van der Waals surface area (Å²) >= 11 is 0. The topological polar surface area (TPSA) is 80.0 Å². The van der Waals surface area contributed by atoms with Gasteiger partial charge in [-0.3, -0.25) is 9.48 Å². The van der Waals surface area contributed by atoms with Crippen LogP contribution < -0.4 is 5.32 Å².